The highest BCUT2D eigenvalue weighted by Gasteiger charge is 2.25. The van der Waals surface area contributed by atoms with Gasteiger partial charge in [-0.05, 0) is 12.8 Å². The van der Waals surface area contributed by atoms with Crippen LogP contribution in [0.3, 0.4) is 0 Å². The van der Waals surface area contributed by atoms with Crippen molar-refractivity contribution < 1.29 is 22.9 Å². The Morgan fingerprint density at radius 2 is 1.24 bits per heavy atom. The molecule has 2 unspecified atom stereocenters. The Morgan fingerprint density at radius 1 is 0.793 bits per heavy atom. The molecule has 0 fully saturated rings. The Kier molecular flexibility index (Phi) is 17.7. The summed E-state index contributed by atoms with van der Waals surface area (Å²) in [6, 6.07) is -0.956. The normalized spacial score (nSPS) is 13.9. The fourth-order valence-corrected chi connectivity index (χ4v) is 4.27. The highest BCUT2D eigenvalue weighted by atomic mass is 32.2. The van der Waals surface area contributed by atoms with Gasteiger partial charge < -0.3 is 10.4 Å². The lowest BCUT2D eigenvalue weighted by molar-refractivity contribution is -0.122. The average Bonchev–Trinajstić information content (AvgIpc) is 2.64. The van der Waals surface area contributed by atoms with Gasteiger partial charge in [0.15, 0.2) is 0 Å². The molecule has 0 bridgehead atoms. The molecule has 0 saturated heterocycles. The molecule has 6 nitrogen and oxygen atoms in total. The van der Waals surface area contributed by atoms with Crippen LogP contribution in [0.1, 0.15) is 117 Å². The van der Waals surface area contributed by atoms with E-state index in [0.29, 0.717) is 12.8 Å². The molecule has 0 aliphatic carbocycles. The smallest absolute Gasteiger partial charge is 0.266 e. The maximum Gasteiger partial charge on any atom is 0.266 e. The van der Waals surface area contributed by atoms with E-state index in [4.69, 9.17) is 4.55 Å². The summed E-state index contributed by atoms with van der Waals surface area (Å²) in [6.07, 6.45) is 15.2. The summed E-state index contributed by atoms with van der Waals surface area (Å²) in [4.78, 5) is 12.2. The number of hydrogen-bond acceptors (Lipinski definition) is 4. The van der Waals surface area contributed by atoms with Crippen molar-refractivity contribution in [3.63, 3.8) is 0 Å². The number of rotatable bonds is 20. The first-order valence-electron chi connectivity index (χ1n) is 11.7. The predicted molar refractivity (Wildman–Crippen MR) is 120 cm³/mol. The molecule has 0 aliphatic rings. The number of unbranched alkanes of at least 4 members (excludes halogenated alkanes) is 12. The standard InChI is InChI=1S/C22H45NO5S/c1-3-5-7-9-11-13-15-17-21(24)20(19-29(26,27)28)23-22(25)18-16-14-12-10-8-6-4-2/h20-21,24H,3-19H2,1-2H3,(H,23,25)(H,26,27,28). The summed E-state index contributed by atoms with van der Waals surface area (Å²) in [5, 5.41) is 13.0. The van der Waals surface area contributed by atoms with E-state index in [-0.39, 0.29) is 5.91 Å². The van der Waals surface area contributed by atoms with E-state index in [2.05, 4.69) is 19.2 Å². The van der Waals surface area contributed by atoms with Crippen LogP contribution in [0, 0.1) is 0 Å². The van der Waals surface area contributed by atoms with Crippen molar-refractivity contribution in [2.45, 2.75) is 129 Å². The first kappa shape index (κ1) is 28.3. The molecule has 0 aliphatic heterocycles. The minimum absolute atomic E-state index is 0.258. The third-order valence-corrected chi connectivity index (χ3v) is 6.09. The van der Waals surface area contributed by atoms with Crippen molar-refractivity contribution in [2.75, 3.05) is 5.75 Å². The monoisotopic (exact) mass is 435 g/mol. The molecule has 3 N–H and O–H groups in total. The molecule has 0 aromatic carbocycles. The Morgan fingerprint density at radius 3 is 1.72 bits per heavy atom. The lowest BCUT2D eigenvalue weighted by Gasteiger charge is -2.23. The Hall–Kier alpha value is -0.660. The number of hydrogen-bond donors (Lipinski definition) is 3. The molecular weight excluding hydrogens is 390 g/mol. The molecule has 0 heterocycles. The van der Waals surface area contributed by atoms with E-state index in [1.165, 1.54) is 51.4 Å². The average molecular weight is 436 g/mol. The van der Waals surface area contributed by atoms with E-state index in [1.807, 2.05) is 0 Å². The lowest BCUT2D eigenvalue weighted by Crippen LogP contribution is -2.47. The number of aliphatic hydroxyl groups is 1. The van der Waals surface area contributed by atoms with Crippen molar-refractivity contribution in [3.05, 3.63) is 0 Å². The van der Waals surface area contributed by atoms with Gasteiger partial charge in [0.25, 0.3) is 10.1 Å². The lowest BCUT2D eigenvalue weighted by atomic mass is 10.0. The number of carbonyl (C=O) groups excluding carboxylic acids is 1. The SMILES string of the molecule is CCCCCCCCCC(=O)NC(CS(=O)(=O)O)C(O)CCCCCCCCC. The highest BCUT2D eigenvalue weighted by Crippen LogP contribution is 2.13. The molecule has 0 saturated carbocycles. The summed E-state index contributed by atoms with van der Waals surface area (Å²) in [7, 11) is -4.27. The number of carbonyl (C=O) groups is 1. The number of nitrogens with one attached hydrogen (secondary N) is 1. The zero-order valence-electron chi connectivity index (χ0n) is 18.7. The summed E-state index contributed by atoms with van der Waals surface area (Å²) in [5.41, 5.74) is 0. The molecule has 0 aromatic rings. The van der Waals surface area contributed by atoms with Gasteiger partial charge in [0, 0.05) is 6.42 Å². The van der Waals surface area contributed by atoms with Gasteiger partial charge >= 0.3 is 0 Å². The van der Waals surface area contributed by atoms with Crippen LogP contribution in [0.15, 0.2) is 0 Å². The Labute approximate surface area is 179 Å². The molecule has 2 atom stereocenters. The van der Waals surface area contributed by atoms with Crippen LogP contribution in [0.5, 0.6) is 0 Å². The molecule has 29 heavy (non-hydrogen) atoms. The topological polar surface area (TPSA) is 104 Å². The fraction of sp³-hybridized carbons (Fsp3) is 0.955. The molecule has 1 amide bonds. The minimum atomic E-state index is -4.27. The van der Waals surface area contributed by atoms with Crippen molar-refractivity contribution in [3.8, 4) is 0 Å². The van der Waals surface area contributed by atoms with Crippen LogP contribution in [0.25, 0.3) is 0 Å². The first-order valence-corrected chi connectivity index (χ1v) is 13.3. The van der Waals surface area contributed by atoms with Gasteiger partial charge in [0.1, 0.15) is 0 Å². The van der Waals surface area contributed by atoms with Gasteiger partial charge in [0.2, 0.25) is 5.91 Å². The zero-order chi connectivity index (χ0) is 22.0. The van der Waals surface area contributed by atoms with Crippen molar-refractivity contribution in [2.24, 2.45) is 0 Å². The minimum Gasteiger partial charge on any atom is -0.391 e. The molecule has 7 heteroatoms. The third-order valence-electron chi connectivity index (χ3n) is 5.31. The van der Waals surface area contributed by atoms with E-state index >= 15 is 0 Å². The maximum atomic E-state index is 12.2. The second-order valence-corrected chi connectivity index (χ2v) is 9.77. The van der Waals surface area contributed by atoms with E-state index in [9.17, 15) is 18.3 Å². The third kappa shape index (κ3) is 19.1. The van der Waals surface area contributed by atoms with Crippen LogP contribution in [-0.4, -0.2) is 41.9 Å². The van der Waals surface area contributed by atoms with Crippen molar-refractivity contribution in [1.29, 1.82) is 0 Å². The van der Waals surface area contributed by atoms with Gasteiger partial charge in [-0.15, -0.1) is 0 Å². The zero-order valence-corrected chi connectivity index (χ0v) is 19.5. The second-order valence-electron chi connectivity index (χ2n) is 8.27. The largest absolute Gasteiger partial charge is 0.391 e. The number of aliphatic hydroxyl groups excluding tert-OH is 1. The first-order chi connectivity index (χ1) is 13.8. The van der Waals surface area contributed by atoms with Gasteiger partial charge in [-0.1, -0.05) is 97.3 Å². The van der Waals surface area contributed by atoms with Gasteiger partial charge in [-0.3, -0.25) is 9.35 Å². The Bertz CT molecular complexity index is 495. The molecule has 0 aromatic heterocycles. The quantitative estimate of drug-likeness (QED) is 0.184. The van der Waals surface area contributed by atoms with Crippen LogP contribution < -0.4 is 5.32 Å². The van der Waals surface area contributed by atoms with Crippen LogP contribution in [0.2, 0.25) is 0 Å². The van der Waals surface area contributed by atoms with Crippen LogP contribution in [0.4, 0.5) is 0 Å². The van der Waals surface area contributed by atoms with E-state index < -0.39 is 28.0 Å². The van der Waals surface area contributed by atoms with E-state index in [1.54, 1.807) is 0 Å². The van der Waals surface area contributed by atoms with Gasteiger partial charge in [0.05, 0.1) is 17.9 Å². The van der Waals surface area contributed by atoms with Crippen LogP contribution in [-0.2, 0) is 14.9 Å². The van der Waals surface area contributed by atoms with Crippen LogP contribution >= 0.6 is 0 Å². The maximum absolute atomic E-state index is 12.2. The Balaban J connectivity index is 4.20. The molecule has 0 radical (unpaired) electrons. The van der Waals surface area contributed by atoms with Gasteiger partial charge in [-0.2, -0.15) is 8.42 Å². The summed E-state index contributed by atoms with van der Waals surface area (Å²) < 4.78 is 31.7. The fourth-order valence-electron chi connectivity index (χ4n) is 3.51. The van der Waals surface area contributed by atoms with Gasteiger partial charge in [-0.25, -0.2) is 0 Å². The van der Waals surface area contributed by atoms with Crippen molar-refractivity contribution in [1.82, 2.24) is 5.32 Å². The predicted octanol–water partition coefficient (Wildman–Crippen LogP) is 5.00. The number of amides is 1. The molecule has 0 spiro atoms. The summed E-state index contributed by atoms with van der Waals surface area (Å²) >= 11 is 0. The summed E-state index contributed by atoms with van der Waals surface area (Å²) in [6.45, 7) is 4.35. The van der Waals surface area contributed by atoms with E-state index in [0.717, 1.165) is 38.5 Å². The molecule has 0 rings (SSSR count). The summed E-state index contributed by atoms with van der Waals surface area (Å²) in [5.74, 6) is -0.904. The molecular formula is C22H45NO5S. The van der Waals surface area contributed by atoms with Crippen molar-refractivity contribution >= 4 is 16.0 Å². The second kappa shape index (κ2) is 18.1. The molecule has 174 valence electrons. The highest BCUT2D eigenvalue weighted by molar-refractivity contribution is 7.85.